The molecule has 1 aromatic rings. The van der Waals surface area contributed by atoms with Crippen LogP contribution in [0.15, 0.2) is 12.1 Å². The smallest absolute Gasteiger partial charge is 0.128 e. The number of hydrogen-bond donors (Lipinski definition) is 1. The van der Waals surface area contributed by atoms with E-state index in [1.165, 1.54) is 12.1 Å². The van der Waals surface area contributed by atoms with Crippen LogP contribution in [0.2, 0.25) is 0 Å². The van der Waals surface area contributed by atoms with Crippen molar-refractivity contribution in [3.05, 3.63) is 34.9 Å². The van der Waals surface area contributed by atoms with Crippen molar-refractivity contribution in [2.24, 2.45) is 0 Å². The fraction of sp³-hybridized carbons (Fsp3) is 0.571. The Morgan fingerprint density at radius 3 is 2.74 bits per heavy atom. The molecule has 0 radical (unpaired) electrons. The van der Waals surface area contributed by atoms with Crippen molar-refractivity contribution in [2.45, 2.75) is 26.0 Å². The number of rotatable bonds is 4. The molecule has 1 aliphatic heterocycles. The lowest BCUT2D eigenvalue weighted by atomic mass is 9.99. The zero-order chi connectivity index (χ0) is 13.8. The average Bonchev–Trinajstić information content (AvgIpc) is 2.42. The lowest BCUT2D eigenvalue weighted by Crippen LogP contribution is -2.41. The van der Waals surface area contributed by atoms with Crippen molar-refractivity contribution in [3.63, 3.8) is 0 Å². The Hall–Kier alpha value is -1.04. The van der Waals surface area contributed by atoms with E-state index in [4.69, 9.17) is 9.47 Å². The van der Waals surface area contributed by atoms with Crippen molar-refractivity contribution in [2.75, 3.05) is 26.4 Å². The fourth-order valence-corrected chi connectivity index (χ4v) is 2.26. The van der Waals surface area contributed by atoms with Gasteiger partial charge in [0.15, 0.2) is 0 Å². The summed E-state index contributed by atoms with van der Waals surface area (Å²) in [6, 6.07) is 2.06. The monoisotopic (exact) mass is 271 g/mol. The molecule has 0 saturated carbocycles. The molecule has 0 aromatic heterocycles. The predicted octanol–water partition coefficient (Wildman–Crippen LogP) is 2.34. The van der Waals surface area contributed by atoms with Crippen LogP contribution in [0.1, 0.15) is 24.1 Å². The first-order valence-electron chi connectivity index (χ1n) is 6.51. The molecular weight excluding hydrogens is 252 g/mol. The van der Waals surface area contributed by atoms with Gasteiger partial charge >= 0.3 is 0 Å². The normalized spacial score (nSPS) is 21.4. The Morgan fingerprint density at radius 2 is 2.11 bits per heavy atom. The van der Waals surface area contributed by atoms with Crippen molar-refractivity contribution in [1.82, 2.24) is 5.32 Å². The van der Waals surface area contributed by atoms with E-state index in [1.807, 2.05) is 6.92 Å². The van der Waals surface area contributed by atoms with Crippen LogP contribution < -0.4 is 5.32 Å². The molecule has 1 N–H and O–H groups in total. The molecule has 3 nitrogen and oxygen atoms in total. The van der Waals surface area contributed by atoms with Gasteiger partial charge in [0.2, 0.25) is 0 Å². The SMILES string of the molecule is CCNC(c1cc(F)c(C)cc1F)C1COCCO1. The Labute approximate surface area is 111 Å². The first kappa shape index (κ1) is 14.4. The zero-order valence-corrected chi connectivity index (χ0v) is 11.2. The van der Waals surface area contributed by atoms with Gasteiger partial charge in [0.05, 0.1) is 25.9 Å². The Bertz CT molecular complexity index is 434. The first-order chi connectivity index (χ1) is 9.13. The molecule has 1 saturated heterocycles. The van der Waals surface area contributed by atoms with Gasteiger partial charge < -0.3 is 14.8 Å². The van der Waals surface area contributed by atoms with Gasteiger partial charge in [0.1, 0.15) is 17.7 Å². The van der Waals surface area contributed by atoms with E-state index in [2.05, 4.69) is 5.32 Å². The van der Waals surface area contributed by atoms with E-state index >= 15 is 0 Å². The van der Waals surface area contributed by atoms with E-state index in [0.29, 0.717) is 37.5 Å². The van der Waals surface area contributed by atoms with Crippen molar-refractivity contribution in [3.8, 4) is 0 Å². The quantitative estimate of drug-likeness (QED) is 0.911. The average molecular weight is 271 g/mol. The summed E-state index contributed by atoms with van der Waals surface area (Å²) < 4.78 is 38.7. The van der Waals surface area contributed by atoms with Crippen molar-refractivity contribution < 1.29 is 18.3 Å². The molecule has 0 bridgehead atoms. The molecular formula is C14H19F2NO2. The summed E-state index contributed by atoms with van der Waals surface area (Å²) in [6.07, 6.45) is -0.301. The topological polar surface area (TPSA) is 30.5 Å². The summed E-state index contributed by atoms with van der Waals surface area (Å²) in [5, 5.41) is 3.14. The Kier molecular flexibility index (Phi) is 4.85. The minimum Gasteiger partial charge on any atom is -0.376 e. The Morgan fingerprint density at radius 1 is 1.32 bits per heavy atom. The number of benzene rings is 1. The number of likely N-dealkylation sites (N-methyl/N-ethyl adjacent to an activating group) is 1. The maximum absolute atomic E-state index is 14.1. The molecule has 1 aliphatic rings. The summed E-state index contributed by atoms with van der Waals surface area (Å²) in [5.41, 5.74) is 0.595. The number of ether oxygens (including phenoxy) is 2. The number of hydrogen-bond acceptors (Lipinski definition) is 3. The molecule has 1 fully saturated rings. The highest BCUT2D eigenvalue weighted by Crippen LogP contribution is 2.26. The highest BCUT2D eigenvalue weighted by molar-refractivity contribution is 5.28. The van der Waals surface area contributed by atoms with E-state index in [1.54, 1.807) is 6.92 Å². The van der Waals surface area contributed by atoms with Crippen LogP contribution in [0.3, 0.4) is 0 Å². The van der Waals surface area contributed by atoms with Gasteiger partial charge in [-0.3, -0.25) is 0 Å². The van der Waals surface area contributed by atoms with Gasteiger partial charge in [-0.2, -0.15) is 0 Å². The van der Waals surface area contributed by atoms with E-state index in [0.717, 1.165) is 0 Å². The number of nitrogens with one attached hydrogen (secondary N) is 1. The molecule has 0 spiro atoms. The van der Waals surface area contributed by atoms with Crippen LogP contribution >= 0.6 is 0 Å². The highest BCUT2D eigenvalue weighted by atomic mass is 19.1. The van der Waals surface area contributed by atoms with Crippen molar-refractivity contribution >= 4 is 0 Å². The maximum Gasteiger partial charge on any atom is 0.128 e. The van der Waals surface area contributed by atoms with Crippen LogP contribution in [0.4, 0.5) is 8.78 Å². The summed E-state index contributed by atoms with van der Waals surface area (Å²) >= 11 is 0. The van der Waals surface area contributed by atoms with E-state index in [9.17, 15) is 8.78 Å². The Balaban J connectivity index is 2.29. The fourth-order valence-electron chi connectivity index (χ4n) is 2.26. The molecule has 106 valence electrons. The van der Waals surface area contributed by atoms with Crippen LogP contribution in [0.5, 0.6) is 0 Å². The third-order valence-corrected chi connectivity index (χ3v) is 3.25. The number of aryl methyl sites for hydroxylation is 1. The molecule has 19 heavy (non-hydrogen) atoms. The molecule has 2 rings (SSSR count). The molecule has 2 unspecified atom stereocenters. The standard InChI is InChI=1S/C14H19F2NO2/c1-3-17-14(13-8-18-4-5-19-13)10-7-11(15)9(2)6-12(10)16/h6-7,13-14,17H,3-5,8H2,1-2H3. The number of halogens is 2. The van der Waals surface area contributed by atoms with Crippen LogP contribution in [0.25, 0.3) is 0 Å². The largest absolute Gasteiger partial charge is 0.376 e. The minimum absolute atomic E-state index is 0.292. The second-order valence-corrected chi connectivity index (χ2v) is 4.64. The second-order valence-electron chi connectivity index (χ2n) is 4.64. The van der Waals surface area contributed by atoms with Crippen LogP contribution in [0, 0.1) is 18.6 Å². The summed E-state index contributed by atoms with van der Waals surface area (Å²) in [4.78, 5) is 0. The van der Waals surface area contributed by atoms with Crippen LogP contribution in [-0.2, 0) is 9.47 Å². The van der Waals surface area contributed by atoms with Gasteiger partial charge in [-0.1, -0.05) is 6.92 Å². The van der Waals surface area contributed by atoms with Gasteiger partial charge in [-0.15, -0.1) is 0 Å². The van der Waals surface area contributed by atoms with E-state index in [-0.39, 0.29) is 6.10 Å². The molecule has 0 amide bonds. The minimum atomic E-state index is -0.418. The van der Waals surface area contributed by atoms with Gasteiger partial charge in [-0.25, -0.2) is 8.78 Å². The third-order valence-electron chi connectivity index (χ3n) is 3.25. The molecule has 1 aromatic carbocycles. The molecule has 2 atom stereocenters. The maximum atomic E-state index is 14.1. The van der Waals surface area contributed by atoms with Crippen LogP contribution in [-0.4, -0.2) is 32.5 Å². The van der Waals surface area contributed by atoms with Crippen molar-refractivity contribution in [1.29, 1.82) is 0 Å². The molecule has 5 heteroatoms. The molecule has 0 aliphatic carbocycles. The first-order valence-corrected chi connectivity index (χ1v) is 6.51. The summed E-state index contributed by atoms with van der Waals surface area (Å²) in [5.74, 6) is -0.824. The van der Waals surface area contributed by atoms with Gasteiger partial charge in [0.25, 0.3) is 0 Å². The van der Waals surface area contributed by atoms with E-state index < -0.39 is 17.7 Å². The zero-order valence-electron chi connectivity index (χ0n) is 11.2. The van der Waals surface area contributed by atoms with Gasteiger partial charge in [-0.05, 0) is 31.2 Å². The lowest BCUT2D eigenvalue weighted by Gasteiger charge is -2.31. The summed E-state index contributed by atoms with van der Waals surface area (Å²) in [7, 11) is 0. The third kappa shape index (κ3) is 3.29. The highest BCUT2D eigenvalue weighted by Gasteiger charge is 2.28. The van der Waals surface area contributed by atoms with Gasteiger partial charge in [0, 0.05) is 5.56 Å². The second kappa shape index (κ2) is 6.41. The lowest BCUT2D eigenvalue weighted by molar-refractivity contribution is -0.102. The molecule has 1 heterocycles. The predicted molar refractivity (Wildman–Crippen MR) is 68.1 cm³/mol. The summed E-state index contributed by atoms with van der Waals surface area (Å²) in [6.45, 7) is 5.50.